The third-order valence-electron chi connectivity index (χ3n) is 4.46. The molecule has 3 aromatic rings. The Morgan fingerprint density at radius 1 is 1.21 bits per heavy atom. The van der Waals surface area contributed by atoms with Crippen LogP contribution in [0.25, 0.3) is 0 Å². The highest BCUT2D eigenvalue weighted by atomic mass is 32.2. The van der Waals surface area contributed by atoms with E-state index in [1.54, 1.807) is 12.3 Å². The van der Waals surface area contributed by atoms with E-state index >= 15 is 0 Å². The first-order valence-electron chi connectivity index (χ1n) is 10.2. The van der Waals surface area contributed by atoms with Gasteiger partial charge < -0.3 is 19.7 Å². The Hall–Kier alpha value is -3.97. The van der Waals surface area contributed by atoms with E-state index in [0.29, 0.717) is 26.0 Å². The van der Waals surface area contributed by atoms with Crippen LogP contribution in [-0.2, 0) is 19.6 Å². The van der Waals surface area contributed by atoms with Gasteiger partial charge in [0, 0.05) is 12.7 Å². The summed E-state index contributed by atoms with van der Waals surface area (Å²) >= 11 is 0. The average Bonchev–Trinajstić information content (AvgIpc) is 3.31. The number of nitrogens with one attached hydrogen (secondary N) is 2. The van der Waals surface area contributed by atoms with Crippen LogP contribution in [0.2, 0.25) is 0 Å². The Morgan fingerprint density at radius 3 is 2.65 bits per heavy atom. The zero-order valence-corrected chi connectivity index (χ0v) is 18.7. The maximum atomic E-state index is 12.5. The van der Waals surface area contributed by atoms with E-state index in [2.05, 4.69) is 20.2 Å². The third kappa shape index (κ3) is 7.02. The minimum absolute atomic E-state index is 0.0939. The molecule has 1 aromatic carbocycles. The van der Waals surface area contributed by atoms with Crippen molar-refractivity contribution in [1.29, 1.82) is 0 Å². The molecular weight excluding hydrogens is 466 g/mol. The topological polar surface area (TPSA) is 164 Å². The summed E-state index contributed by atoms with van der Waals surface area (Å²) in [6.45, 7) is 0.360. The molecule has 0 bridgehead atoms. The Kier molecular flexibility index (Phi) is 8.54. The van der Waals surface area contributed by atoms with Crippen molar-refractivity contribution in [2.75, 3.05) is 29.9 Å². The second-order valence-electron chi connectivity index (χ2n) is 6.93. The maximum absolute atomic E-state index is 12.5. The second kappa shape index (κ2) is 11.8. The molecule has 1 atom stereocenters. The number of amides is 1. The largest absolute Gasteiger partial charge is 0.480 e. The highest BCUT2D eigenvalue weighted by Gasteiger charge is 2.29. The van der Waals surface area contributed by atoms with Crippen LogP contribution < -0.4 is 19.7 Å². The molecule has 0 saturated heterocycles. The van der Waals surface area contributed by atoms with Gasteiger partial charge >= 0.3 is 5.97 Å². The second-order valence-corrected chi connectivity index (χ2v) is 8.64. The summed E-state index contributed by atoms with van der Waals surface area (Å²) in [7, 11) is -4.13. The minimum atomic E-state index is -4.13. The van der Waals surface area contributed by atoms with Crippen LogP contribution >= 0.6 is 0 Å². The lowest BCUT2D eigenvalue weighted by molar-refractivity contribution is -0.138. The molecule has 0 saturated carbocycles. The number of carbonyl (C=O) groups excluding carboxylic acids is 1. The summed E-state index contributed by atoms with van der Waals surface area (Å²) < 4.78 is 37.6. The molecule has 0 aliphatic rings. The minimum Gasteiger partial charge on any atom is -0.480 e. The van der Waals surface area contributed by atoms with Gasteiger partial charge in [0.1, 0.15) is 11.9 Å². The Labute approximate surface area is 195 Å². The molecule has 3 rings (SSSR count). The maximum Gasteiger partial charge on any atom is 0.323 e. The Bertz CT molecular complexity index is 1170. The van der Waals surface area contributed by atoms with Crippen molar-refractivity contribution in [3.05, 3.63) is 60.8 Å². The molecular formula is C21H23N5O7S. The van der Waals surface area contributed by atoms with Crippen LogP contribution in [0.15, 0.2) is 70.2 Å². The summed E-state index contributed by atoms with van der Waals surface area (Å²) in [6, 6.07) is 12.5. The SMILES string of the molecule is O=CN(CC(NS(=O)(=O)c1ccccc1)C(=O)O)c1cc(OCCCNc2ccccn2)no1. The van der Waals surface area contributed by atoms with Gasteiger partial charge in [0.25, 0.3) is 5.88 Å². The molecule has 0 aliphatic heterocycles. The molecule has 0 spiro atoms. The van der Waals surface area contributed by atoms with Gasteiger partial charge in [0.05, 0.1) is 24.1 Å². The average molecular weight is 490 g/mol. The molecule has 12 nitrogen and oxygen atoms in total. The summed E-state index contributed by atoms with van der Waals surface area (Å²) in [4.78, 5) is 28.1. The fourth-order valence-corrected chi connectivity index (χ4v) is 3.99. The first-order chi connectivity index (χ1) is 16.4. The smallest absolute Gasteiger partial charge is 0.323 e. The molecule has 0 aliphatic carbocycles. The zero-order chi connectivity index (χ0) is 24.4. The van der Waals surface area contributed by atoms with Crippen molar-refractivity contribution >= 4 is 34.1 Å². The standard InChI is InChI=1S/C21H23N5O7S/c27-15-26(14-17(21(28)29)25-34(30,31)16-7-2-1-3-8-16)20-13-19(24-33-20)32-12-6-11-23-18-9-4-5-10-22-18/h1-5,7-10,13,15,17,25H,6,11-12,14H2,(H,22,23)(H,28,29). The molecule has 13 heteroatoms. The van der Waals surface area contributed by atoms with Crippen molar-refractivity contribution in [3.8, 4) is 5.88 Å². The lowest BCUT2D eigenvalue weighted by Gasteiger charge is -2.20. The number of nitrogens with zero attached hydrogens (tertiary/aromatic N) is 3. The number of aromatic nitrogens is 2. The van der Waals surface area contributed by atoms with Crippen molar-refractivity contribution in [2.45, 2.75) is 17.4 Å². The predicted molar refractivity (Wildman–Crippen MR) is 121 cm³/mol. The number of anilines is 2. The number of hydrogen-bond acceptors (Lipinski definition) is 9. The molecule has 34 heavy (non-hydrogen) atoms. The quantitative estimate of drug-likeness (QED) is 0.222. The van der Waals surface area contributed by atoms with Gasteiger partial charge in [-0.2, -0.15) is 4.72 Å². The lowest BCUT2D eigenvalue weighted by Crippen LogP contribution is -2.48. The van der Waals surface area contributed by atoms with Crippen LogP contribution in [0.3, 0.4) is 0 Å². The van der Waals surface area contributed by atoms with E-state index in [4.69, 9.17) is 9.26 Å². The lowest BCUT2D eigenvalue weighted by atomic mass is 10.3. The number of carbonyl (C=O) groups is 2. The summed E-state index contributed by atoms with van der Waals surface area (Å²) in [6.07, 6.45) is 2.61. The van der Waals surface area contributed by atoms with Crippen molar-refractivity contribution in [3.63, 3.8) is 0 Å². The van der Waals surface area contributed by atoms with Gasteiger partial charge in [-0.1, -0.05) is 24.3 Å². The fraction of sp³-hybridized carbons (Fsp3) is 0.238. The van der Waals surface area contributed by atoms with Crippen LogP contribution in [0, 0.1) is 0 Å². The summed E-state index contributed by atoms with van der Waals surface area (Å²) in [5.41, 5.74) is 0. The summed E-state index contributed by atoms with van der Waals surface area (Å²) in [5, 5.41) is 16.3. The number of hydrogen-bond donors (Lipinski definition) is 3. The van der Waals surface area contributed by atoms with Crippen LogP contribution in [-0.4, -0.2) is 61.8 Å². The Morgan fingerprint density at radius 2 is 1.97 bits per heavy atom. The number of benzene rings is 1. The summed E-state index contributed by atoms with van der Waals surface area (Å²) in [5.74, 6) is -0.732. The fourth-order valence-electron chi connectivity index (χ4n) is 2.79. The molecule has 0 fully saturated rings. The van der Waals surface area contributed by atoms with E-state index in [9.17, 15) is 23.1 Å². The zero-order valence-electron chi connectivity index (χ0n) is 17.9. The van der Waals surface area contributed by atoms with E-state index in [0.717, 1.165) is 10.7 Å². The number of aliphatic carboxylic acids is 1. The highest BCUT2D eigenvalue weighted by Crippen LogP contribution is 2.20. The number of pyridine rings is 1. The van der Waals surface area contributed by atoms with Crippen molar-refractivity contribution < 1.29 is 32.4 Å². The molecule has 2 aromatic heterocycles. The van der Waals surface area contributed by atoms with Crippen LogP contribution in [0.1, 0.15) is 6.42 Å². The van der Waals surface area contributed by atoms with Gasteiger partial charge in [-0.05, 0) is 35.8 Å². The number of carboxylic acid groups (broad SMARTS) is 1. The number of carboxylic acids is 1. The molecule has 1 unspecified atom stereocenters. The predicted octanol–water partition coefficient (Wildman–Crippen LogP) is 1.35. The van der Waals surface area contributed by atoms with Gasteiger partial charge in [0.2, 0.25) is 22.3 Å². The first-order valence-corrected chi connectivity index (χ1v) is 11.6. The van der Waals surface area contributed by atoms with E-state index in [-0.39, 0.29) is 16.7 Å². The van der Waals surface area contributed by atoms with Gasteiger partial charge in [-0.25, -0.2) is 13.4 Å². The van der Waals surface area contributed by atoms with Crippen molar-refractivity contribution in [1.82, 2.24) is 14.9 Å². The molecule has 1 amide bonds. The highest BCUT2D eigenvalue weighted by molar-refractivity contribution is 7.89. The third-order valence-corrected chi connectivity index (χ3v) is 5.94. The van der Waals surface area contributed by atoms with Gasteiger partial charge in [0.15, 0.2) is 0 Å². The number of ether oxygens (including phenoxy) is 1. The molecule has 2 heterocycles. The number of rotatable bonds is 14. The van der Waals surface area contributed by atoms with E-state index < -0.39 is 28.6 Å². The molecule has 3 N–H and O–H groups in total. The van der Waals surface area contributed by atoms with Crippen LogP contribution in [0.5, 0.6) is 5.88 Å². The molecule has 0 radical (unpaired) electrons. The van der Waals surface area contributed by atoms with Gasteiger partial charge in [-0.3, -0.25) is 14.5 Å². The molecule has 180 valence electrons. The van der Waals surface area contributed by atoms with Gasteiger partial charge in [-0.15, -0.1) is 0 Å². The monoisotopic (exact) mass is 489 g/mol. The number of sulfonamides is 1. The first kappa shape index (κ1) is 24.7. The van der Waals surface area contributed by atoms with E-state index in [1.165, 1.54) is 30.3 Å². The van der Waals surface area contributed by atoms with Crippen molar-refractivity contribution in [2.24, 2.45) is 0 Å². The normalized spacial score (nSPS) is 12.0. The van der Waals surface area contributed by atoms with E-state index in [1.807, 2.05) is 18.2 Å². The Balaban J connectivity index is 1.54. The van der Waals surface area contributed by atoms with Crippen LogP contribution in [0.4, 0.5) is 11.7 Å².